The molecule has 2 nitrogen and oxygen atoms in total. The van der Waals surface area contributed by atoms with E-state index in [-0.39, 0.29) is 12.4 Å². The highest BCUT2D eigenvalue weighted by Crippen LogP contribution is 2.21. The van der Waals surface area contributed by atoms with Gasteiger partial charge in [0.15, 0.2) is 0 Å². The Kier molecular flexibility index (Phi) is 4.40. The number of hydrogen-bond donors (Lipinski definition) is 1. The average molecular weight is 281 g/mol. The minimum atomic E-state index is -0.508. The lowest BCUT2D eigenvalue weighted by Crippen LogP contribution is -1.98. The summed E-state index contributed by atoms with van der Waals surface area (Å²) in [4.78, 5) is 0. The largest absolute Gasteiger partial charge is 0.489 e. The van der Waals surface area contributed by atoms with E-state index in [0.717, 1.165) is 5.56 Å². The lowest BCUT2D eigenvalue weighted by atomic mass is 10.1. The Labute approximate surface area is 116 Å². The zero-order chi connectivity index (χ0) is 13.8. The van der Waals surface area contributed by atoms with Gasteiger partial charge in [0.2, 0.25) is 0 Å². The first-order valence-corrected chi connectivity index (χ1v) is 6.29. The topological polar surface area (TPSA) is 29.5 Å². The predicted octanol–water partition coefficient (Wildman–Crippen LogP) is 4.11. The average Bonchev–Trinajstić information content (AvgIpc) is 2.40. The fourth-order valence-corrected chi connectivity index (χ4v) is 1.83. The summed E-state index contributed by atoms with van der Waals surface area (Å²) in [5.41, 5.74) is 1.41. The number of ether oxygens (including phenoxy) is 1. The third-order valence-corrected chi connectivity index (χ3v) is 3.13. The summed E-state index contributed by atoms with van der Waals surface area (Å²) in [6.45, 7) is 1.90. The Balaban J connectivity index is 2.04. The molecule has 0 aliphatic heterocycles. The van der Waals surface area contributed by atoms with Crippen molar-refractivity contribution in [1.82, 2.24) is 0 Å². The fraction of sp³-hybridized carbons (Fsp3) is 0.200. The first-order valence-electron chi connectivity index (χ1n) is 5.91. The van der Waals surface area contributed by atoms with Crippen LogP contribution in [0.2, 0.25) is 5.02 Å². The highest BCUT2D eigenvalue weighted by atomic mass is 35.5. The lowest BCUT2D eigenvalue weighted by Gasteiger charge is -2.09. The van der Waals surface area contributed by atoms with Crippen molar-refractivity contribution in [3.63, 3.8) is 0 Å². The van der Waals surface area contributed by atoms with Gasteiger partial charge in [0, 0.05) is 10.6 Å². The third kappa shape index (κ3) is 3.69. The van der Waals surface area contributed by atoms with Crippen LogP contribution in [0.15, 0.2) is 42.5 Å². The number of aliphatic hydroxyl groups excluding tert-OH is 1. The number of halogens is 2. The molecule has 0 saturated carbocycles. The highest BCUT2D eigenvalue weighted by Gasteiger charge is 2.04. The standard InChI is InChI=1S/C15H14ClFO2/c1-10(18)11-2-5-14(6-3-11)19-9-12-8-13(17)4-7-15(12)16/h2-8,10,18H,9H2,1H3. The van der Waals surface area contributed by atoms with E-state index in [1.807, 2.05) is 0 Å². The second kappa shape index (κ2) is 6.04. The molecule has 0 aliphatic carbocycles. The van der Waals surface area contributed by atoms with Gasteiger partial charge in [-0.15, -0.1) is 0 Å². The summed E-state index contributed by atoms with van der Waals surface area (Å²) in [5.74, 6) is 0.303. The van der Waals surface area contributed by atoms with Crippen LogP contribution in [-0.4, -0.2) is 5.11 Å². The Hall–Kier alpha value is -1.58. The number of hydrogen-bond acceptors (Lipinski definition) is 2. The molecule has 19 heavy (non-hydrogen) atoms. The number of benzene rings is 2. The monoisotopic (exact) mass is 280 g/mol. The van der Waals surface area contributed by atoms with Gasteiger partial charge in [0.05, 0.1) is 6.10 Å². The maximum atomic E-state index is 13.1. The first-order chi connectivity index (χ1) is 9.06. The summed E-state index contributed by atoms with van der Waals surface area (Å²) < 4.78 is 18.6. The molecule has 0 amide bonds. The van der Waals surface area contributed by atoms with E-state index >= 15 is 0 Å². The van der Waals surface area contributed by atoms with Crippen LogP contribution in [0.4, 0.5) is 4.39 Å². The van der Waals surface area contributed by atoms with E-state index in [0.29, 0.717) is 16.3 Å². The van der Waals surface area contributed by atoms with Crippen molar-refractivity contribution in [2.24, 2.45) is 0 Å². The van der Waals surface area contributed by atoms with Gasteiger partial charge in [-0.25, -0.2) is 4.39 Å². The Bertz CT molecular complexity index is 553. The van der Waals surface area contributed by atoms with Gasteiger partial charge in [-0.3, -0.25) is 0 Å². The van der Waals surface area contributed by atoms with Gasteiger partial charge in [-0.2, -0.15) is 0 Å². The Morgan fingerprint density at radius 3 is 2.53 bits per heavy atom. The molecule has 0 aliphatic rings. The zero-order valence-electron chi connectivity index (χ0n) is 10.4. The van der Waals surface area contributed by atoms with Crippen LogP contribution >= 0.6 is 11.6 Å². The van der Waals surface area contributed by atoms with Crippen LogP contribution in [0, 0.1) is 5.82 Å². The highest BCUT2D eigenvalue weighted by molar-refractivity contribution is 6.31. The van der Waals surface area contributed by atoms with E-state index in [4.69, 9.17) is 16.3 Å². The lowest BCUT2D eigenvalue weighted by molar-refractivity contribution is 0.199. The van der Waals surface area contributed by atoms with E-state index in [1.165, 1.54) is 18.2 Å². The predicted molar refractivity (Wildman–Crippen MR) is 72.8 cm³/mol. The SMILES string of the molecule is CC(O)c1ccc(OCc2cc(F)ccc2Cl)cc1. The van der Waals surface area contributed by atoms with Crippen LogP contribution < -0.4 is 4.74 Å². The van der Waals surface area contributed by atoms with Gasteiger partial charge in [-0.1, -0.05) is 23.7 Å². The quantitative estimate of drug-likeness (QED) is 0.913. The Morgan fingerprint density at radius 2 is 1.89 bits per heavy atom. The fourth-order valence-electron chi connectivity index (χ4n) is 1.66. The molecule has 0 fully saturated rings. The molecule has 0 heterocycles. The second-order valence-electron chi connectivity index (χ2n) is 4.27. The van der Waals surface area contributed by atoms with Gasteiger partial charge >= 0.3 is 0 Å². The van der Waals surface area contributed by atoms with E-state index in [2.05, 4.69) is 0 Å². The molecule has 100 valence electrons. The molecule has 0 radical (unpaired) electrons. The van der Waals surface area contributed by atoms with E-state index in [9.17, 15) is 9.50 Å². The van der Waals surface area contributed by atoms with Crippen molar-refractivity contribution >= 4 is 11.6 Å². The van der Waals surface area contributed by atoms with E-state index in [1.54, 1.807) is 31.2 Å². The van der Waals surface area contributed by atoms with Crippen molar-refractivity contribution in [3.8, 4) is 5.75 Å². The molecule has 0 bridgehead atoms. The molecule has 2 rings (SSSR count). The van der Waals surface area contributed by atoms with Crippen molar-refractivity contribution in [1.29, 1.82) is 0 Å². The summed E-state index contributed by atoms with van der Waals surface area (Å²) in [6.07, 6.45) is -0.508. The number of aliphatic hydroxyl groups is 1. The van der Waals surface area contributed by atoms with Crippen LogP contribution in [0.1, 0.15) is 24.2 Å². The summed E-state index contributed by atoms with van der Waals surface area (Å²) in [7, 11) is 0. The van der Waals surface area contributed by atoms with Gasteiger partial charge in [0.1, 0.15) is 18.2 Å². The molecule has 2 aromatic carbocycles. The molecule has 1 N–H and O–H groups in total. The maximum absolute atomic E-state index is 13.1. The zero-order valence-corrected chi connectivity index (χ0v) is 11.2. The summed E-state index contributed by atoms with van der Waals surface area (Å²) in [6, 6.07) is 11.3. The molecule has 0 saturated heterocycles. The second-order valence-corrected chi connectivity index (χ2v) is 4.68. The van der Waals surface area contributed by atoms with Gasteiger partial charge in [-0.05, 0) is 42.8 Å². The van der Waals surface area contributed by atoms with Crippen LogP contribution in [0.3, 0.4) is 0 Å². The molecular formula is C15H14ClFO2. The Morgan fingerprint density at radius 1 is 1.21 bits per heavy atom. The number of rotatable bonds is 4. The summed E-state index contributed by atoms with van der Waals surface area (Å²) in [5, 5.41) is 9.86. The van der Waals surface area contributed by atoms with E-state index < -0.39 is 6.10 Å². The minimum Gasteiger partial charge on any atom is -0.489 e. The third-order valence-electron chi connectivity index (χ3n) is 2.76. The molecule has 1 atom stereocenters. The van der Waals surface area contributed by atoms with Crippen molar-refractivity contribution in [2.75, 3.05) is 0 Å². The first kappa shape index (κ1) is 13.8. The molecular weight excluding hydrogens is 267 g/mol. The molecule has 0 aromatic heterocycles. The van der Waals surface area contributed by atoms with Crippen LogP contribution in [0.5, 0.6) is 5.75 Å². The van der Waals surface area contributed by atoms with Crippen molar-refractivity contribution in [3.05, 3.63) is 64.4 Å². The van der Waals surface area contributed by atoms with Gasteiger partial charge in [0.25, 0.3) is 0 Å². The molecule has 0 spiro atoms. The summed E-state index contributed by atoms with van der Waals surface area (Å²) >= 11 is 5.95. The van der Waals surface area contributed by atoms with Crippen molar-refractivity contribution in [2.45, 2.75) is 19.6 Å². The van der Waals surface area contributed by atoms with Crippen LogP contribution in [-0.2, 0) is 6.61 Å². The normalized spacial score (nSPS) is 12.2. The molecule has 4 heteroatoms. The van der Waals surface area contributed by atoms with Crippen molar-refractivity contribution < 1.29 is 14.2 Å². The maximum Gasteiger partial charge on any atom is 0.123 e. The van der Waals surface area contributed by atoms with Crippen LogP contribution in [0.25, 0.3) is 0 Å². The minimum absolute atomic E-state index is 0.199. The smallest absolute Gasteiger partial charge is 0.123 e. The van der Waals surface area contributed by atoms with Gasteiger partial charge < -0.3 is 9.84 Å². The molecule has 2 aromatic rings. The molecule has 1 unspecified atom stereocenters.